The fourth-order valence-electron chi connectivity index (χ4n) is 3.51. The average Bonchev–Trinajstić information content (AvgIpc) is 3.37. The minimum absolute atomic E-state index is 0.0369. The van der Waals surface area contributed by atoms with E-state index < -0.39 is 38.7 Å². The number of aliphatic imine (C=N–C) groups is 1. The maximum Gasteiger partial charge on any atom is 0.458 e. The minimum atomic E-state index is -5.77. The largest absolute Gasteiger partial charge is 0.458 e. The van der Waals surface area contributed by atoms with Crippen LogP contribution in [0.4, 0.5) is 37.7 Å². The number of nitrogen functional groups attached to an aromatic ring is 1. The van der Waals surface area contributed by atoms with Gasteiger partial charge in [0.05, 0.1) is 35.1 Å². The maximum absolute atomic E-state index is 13.4. The van der Waals surface area contributed by atoms with E-state index in [4.69, 9.17) is 22.6 Å². The van der Waals surface area contributed by atoms with Gasteiger partial charge in [-0.1, -0.05) is 12.1 Å². The van der Waals surface area contributed by atoms with Crippen LogP contribution in [0.15, 0.2) is 61.5 Å². The molecule has 0 aliphatic rings. The number of nitro benzene ring substituents is 1. The Hall–Kier alpha value is -4.50. The number of nitrogens with zero attached hydrogens (tertiary/aromatic N) is 2. The number of carbonyl (C=O) groups is 2. The summed E-state index contributed by atoms with van der Waals surface area (Å²) in [4.78, 5) is 34.7. The van der Waals surface area contributed by atoms with Crippen molar-refractivity contribution in [1.29, 1.82) is 5.41 Å². The van der Waals surface area contributed by atoms with Gasteiger partial charge in [0.2, 0.25) is 9.84 Å². The van der Waals surface area contributed by atoms with Crippen LogP contribution in [0.5, 0.6) is 0 Å². The number of sulfone groups is 1. The number of nitrogens with one attached hydrogen (secondary N) is 1. The third-order valence-electron chi connectivity index (χ3n) is 5.31. The van der Waals surface area contributed by atoms with Crippen LogP contribution in [-0.4, -0.2) is 55.3 Å². The topological polar surface area (TPSA) is 226 Å². The molecule has 1 heterocycles. The van der Waals surface area contributed by atoms with Gasteiger partial charge >= 0.3 is 23.9 Å². The molecule has 0 saturated carbocycles. The van der Waals surface area contributed by atoms with Crippen LogP contribution < -0.4 is 17.2 Å². The van der Waals surface area contributed by atoms with Gasteiger partial charge in [-0.15, -0.1) is 23.1 Å². The van der Waals surface area contributed by atoms with Gasteiger partial charge in [0, 0.05) is 6.07 Å². The van der Waals surface area contributed by atoms with E-state index in [1.807, 2.05) is 0 Å². The molecule has 0 bridgehead atoms. The summed E-state index contributed by atoms with van der Waals surface area (Å²) in [5, 5.41) is 19.4. The number of hydrogen-bond donors (Lipinski definition) is 4. The van der Waals surface area contributed by atoms with Crippen LogP contribution >= 0.6 is 23.1 Å². The van der Waals surface area contributed by atoms with Gasteiger partial charge in [0.15, 0.2) is 5.96 Å². The molecule has 0 atom stereocenters. The van der Waals surface area contributed by atoms with Crippen molar-refractivity contribution in [3.05, 3.63) is 63.0 Å². The Bertz CT molecular complexity index is 1790. The second-order valence-corrected chi connectivity index (χ2v) is 12.6. The quantitative estimate of drug-likeness (QED) is 0.0485. The third-order valence-corrected chi connectivity index (χ3v) is 9.65. The summed E-state index contributed by atoms with van der Waals surface area (Å²) < 4.78 is 94.3. The highest BCUT2D eigenvalue weighted by Gasteiger charge is 2.54. The van der Waals surface area contributed by atoms with E-state index >= 15 is 0 Å². The number of nitro groups is 1. The number of carbonyl (C=O) groups excluding carboxylic acids is 2. The standard InChI is InChI=1S/C20H20N6O4S3.C4F6O2/c1-10-6-12(25-20(23)24)8-14(26(27)28)17(10)11-4-3-5-13(7-11)33(29,30)16-9-15(18(21)22)32-19(16)31-2;5-3(6,7)1(11)2(12)4(8,9)10/h3-9H,1-2H3,(H3,21,22)(H4,23,24,25);. The Morgan fingerprint density at radius 3 is 2.00 bits per heavy atom. The zero-order valence-corrected chi connectivity index (χ0v) is 25.1. The van der Waals surface area contributed by atoms with E-state index in [-0.39, 0.29) is 38.5 Å². The molecule has 21 heteroatoms. The van der Waals surface area contributed by atoms with Crippen molar-refractivity contribution in [3.8, 4) is 11.1 Å². The van der Waals surface area contributed by atoms with Crippen molar-refractivity contribution in [1.82, 2.24) is 0 Å². The summed E-state index contributed by atoms with van der Waals surface area (Å²) in [5.74, 6) is -7.28. The van der Waals surface area contributed by atoms with Crippen molar-refractivity contribution < 1.29 is 49.3 Å². The van der Waals surface area contributed by atoms with Gasteiger partial charge < -0.3 is 17.2 Å². The molecule has 7 N–H and O–H groups in total. The molecule has 0 spiro atoms. The summed E-state index contributed by atoms with van der Waals surface area (Å²) in [6.45, 7) is 1.65. The number of ketones is 2. The van der Waals surface area contributed by atoms with Crippen LogP contribution in [0, 0.1) is 22.4 Å². The molecule has 0 saturated heterocycles. The third kappa shape index (κ3) is 8.79. The first-order valence-corrected chi connectivity index (χ1v) is 15.0. The molecule has 0 amide bonds. The number of hydrogen-bond acceptors (Lipinski definition) is 10. The maximum atomic E-state index is 13.4. The Morgan fingerprint density at radius 2 is 1.56 bits per heavy atom. The molecule has 2 aromatic carbocycles. The summed E-state index contributed by atoms with van der Waals surface area (Å²) in [7, 11) is -3.98. The fraction of sp³-hybridized carbons (Fsp3) is 0.167. The molecule has 0 radical (unpaired) electrons. The first kappa shape index (κ1) is 36.7. The lowest BCUT2D eigenvalue weighted by atomic mass is 9.98. The normalized spacial score (nSPS) is 11.6. The molecule has 3 rings (SSSR count). The molecule has 0 unspecified atom stereocenters. The van der Waals surface area contributed by atoms with E-state index in [2.05, 4.69) is 4.99 Å². The van der Waals surface area contributed by atoms with Crippen molar-refractivity contribution in [2.75, 3.05) is 6.26 Å². The molecule has 0 fully saturated rings. The molecule has 0 aliphatic carbocycles. The lowest BCUT2D eigenvalue weighted by molar-refractivity contribution is -0.384. The lowest BCUT2D eigenvalue weighted by Crippen LogP contribution is -2.39. The Balaban J connectivity index is 0.000000498. The smallest absolute Gasteiger partial charge is 0.383 e. The zero-order chi connectivity index (χ0) is 34.7. The molecule has 0 aliphatic heterocycles. The molecule has 3 aromatic rings. The van der Waals surface area contributed by atoms with Crippen LogP contribution in [0.1, 0.15) is 10.4 Å². The summed E-state index contributed by atoms with van der Waals surface area (Å²) in [6, 6.07) is 10.1. The van der Waals surface area contributed by atoms with Gasteiger partial charge in [0.1, 0.15) is 5.84 Å². The Labute approximate surface area is 257 Å². The highest BCUT2D eigenvalue weighted by atomic mass is 32.2. The van der Waals surface area contributed by atoms with Crippen molar-refractivity contribution in [2.24, 2.45) is 22.2 Å². The molecule has 242 valence electrons. The van der Waals surface area contributed by atoms with Crippen molar-refractivity contribution >= 4 is 67.7 Å². The lowest BCUT2D eigenvalue weighted by Gasteiger charge is -2.11. The predicted octanol–water partition coefficient (Wildman–Crippen LogP) is 4.62. The number of alkyl halides is 6. The highest BCUT2D eigenvalue weighted by molar-refractivity contribution is 8.01. The average molecular weight is 699 g/mol. The van der Waals surface area contributed by atoms with Crippen LogP contribution in [-0.2, 0) is 19.4 Å². The molecule has 45 heavy (non-hydrogen) atoms. The highest BCUT2D eigenvalue weighted by Crippen LogP contribution is 2.40. The SMILES string of the molecule is CSc1sc(C(=N)N)cc1S(=O)(=O)c1cccc(-c2c(C)cc(N=C(N)N)cc2[N+](=O)[O-])c1.O=C(C(=O)C(F)(F)F)C(F)(F)F. The predicted molar refractivity (Wildman–Crippen MR) is 153 cm³/mol. The first-order chi connectivity index (χ1) is 20.5. The number of benzene rings is 2. The van der Waals surface area contributed by atoms with Gasteiger partial charge in [-0.25, -0.2) is 13.4 Å². The monoisotopic (exact) mass is 698 g/mol. The minimum Gasteiger partial charge on any atom is -0.383 e. The van der Waals surface area contributed by atoms with E-state index in [0.29, 0.717) is 20.2 Å². The molecular formula is C24H20F6N6O6S3. The summed E-state index contributed by atoms with van der Waals surface area (Å²) in [6.07, 6.45) is -9.81. The number of nitrogens with two attached hydrogens (primary N) is 3. The van der Waals surface area contributed by atoms with Crippen LogP contribution in [0.3, 0.4) is 0 Å². The van der Waals surface area contributed by atoms with E-state index in [9.17, 15) is 54.5 Å². The number of aryl methyl sites for hydroxylation is 1. The van der Waals surface area contributed by atoms with Gasteiger partial charge in [-0.2, -0.15) is 26.3 Å². The van der Waals surface area contributed by atoms with Crippen LogP contribution in [0.25, 0.3) is 11.1 Å². The number of thiophene rings is 1. The van der Waals surface area contributed by atoms with Crippen LogP contribution in [0.2, 0.25) is 0 Å². The zero-order valence-electron chi connectivity index (χ0n) is 22.6. The Morgan fingerprint density at radius 1 is 1.00 bits per heavy atom. The summed E-state index contributed by atoms with van der Waals surface area (Å²) >= 11 is 2.35. The Kier molecular flexibility index (Phi) is 11.1. The second-order valence-electron chi connectivity index (χ2n) is 8.52. The van der Waals surface area contributed by atoms with Crippen molar-refractivity contribution in [2.45, 2.75) is 33.3 Å². The molecule has 1 aromatic heterocycles. The number of Topliss-reactive ketones (excluding diaryl/α,β-unsaturated/α-hetero) is 2. The van der Waals surface area contributed by atoms with Gasteiger partial charge in [-0.3, -0.25) is 25.1 Å². The number of rotatable bonds is 8. The summed E-state index contributed by atoms with van der Waals surface area (Å²) in [5.41, 5.74) is 17.4. The van der Waals surface area contributed by atoms with E-state index in [1.54, 1.807) is 25.3 Å². The molecular weight excluding hydrogens is 678 g/mol. The fourth-order valence-corrected chi connectivity index (χ4v) is 7.41. The first-order valence-electron chi connectivity index (χ1n) is 11.5. The van der Waals surface area contributed by atoms with Gasteiger partial charge in [-0.05, 0) is 48.6 Å². The number of guanidine groups is 1. The van der Waals surface area contributed by atoms with E-state index in [0.717, 1.165) is 11.3 Å². The second kappa shape index (κ2) is 13.6. The van der Waals surface area contributed by atoms with E-state index in [1.165, 1.54) is 42.1 Å². The number of thioether (sulfide) groups is 1. The van der Waals surface area contributed by atoms with Gasteiger partial charge in [0.25, 0.3) is 5.69 Å². The number of amidine groups is 1. The van der Waals surface area contributed by atoms with Crippen molar-refractivity contribution in [3.63, 3.8) is 0 Å². The molecule has 12 nitrogen and oxygen atoms in total. The number of halogens is 6.